The van der Waals surface area contributed by atoms with E-state index in [1.807, 2.05) is 0 Å². The van der Waals surface area contributed by atoms with Crippen LogP contribution >= 0.6 is 11.6 Å². The molecule has 2 atom stereocenters. The van der Waals surface area contributed by atoms with Gasteiger partial charge in [-0.3, -0.25) is 0 Å². The average molecular weight is 302 g/mol. The lowest BCUT2D eigenvalue weighted by molar-refractivity contribution is 0.401. The number of likely N-dealkylation sites (N-methyl/N-ethyl adjacent to an activating group) is 1. The molecule has 0 unspecified atom stereocenters. The van der Waals surface area contributed by atoms with Gasteiger partial charge in [0, 0.05) is 47.7 Å². The zero-order valence-corrected chi connectivity index (χ0v) is 10.5. The van der Waals surface area contributed by atoms with Gasteiger partial charge in [-0.25, -0.2) is 0 Å². The maximum atomic E-state index is 9.30. The van der Waals surface area contributed by atoms with Crippen LogP contribution in [0, 0.1) is 0 Å². The number of halogens is 1. The average Bonchev–Trinajstić information content (AvgIpc) is 2.81. The molecule has 2 heterocycles. The molecular formula is C17H16ClNO. The summed E-state index contributed by atoms with van der Waals surface area (Å²) >= 11 is 6.02. The Kier molecular flexibility index (Phi) is 0.907. The lowest BCUT2D eigenvalue weighted by Gasteiger charge is -2.17. The van der Waals surface area contributed by atoms with Crippen LogP contribution in [-0.4, -0.2) is 24.9 Å². The zero-order chi connectivity index (χ0) is 27.7. The molecule has 0 aliphatic carbocycles. The van der Waals surface area contributed by atoms with Crippen molar-refractivity contribution in [2.75, 3.05) is 20.0 Å². The molecule has 0 aromatic heterocycles. The molecular weight excluding hydrogens is 270 g/mol. The molecule has 1 saturated heterocycles. The van der Waals surface area contributed by atoms with E-state index in [9.17, 15) is 2.74 Å². The first-order valence-corrected chi connectivity index (χ1v) is 5.90. The third kappa shape index (κ3) is 1.83. The summed E-state index contributed by atoms with van der Waals surface area (Å²) in [4.78, 5) is -0.362. The Balaban J connectivity index is 2.41. The quantitative estimate of drug-likeness (QED) is 0.721. The summed E-state index contributed by atoms with van der Waals surface area (Å²) in [5.74, 6) is -8.98. The maximum absolute atomic E-state index is 9.30. The van der Waals surface area contributed by atoms with Gasteiger partial charge in [0.25, 0.3) is 0 Å². The van der Waals surface area contributed by atoms with Gasteiger partial charge in [-0.1, -0.05) is 29.7 Å². The Morgan fingerprint density at radius 1 is 1.25 bits per heavy atom. The van der Waals surface area contributed by atoms with Crippen molar-refractivity contribution in [2.45, 2.75) is 11.8 Å². The third-order valence-corrected chi connectivity index (χ3v) is 2.99. The van der Waals surface area contributed by atoms with Crippen molar-refractivity contribution in [3.8, 4) is 11.5 Å². The first-order valence-electron chi connectivity index (χ1n) is 13.5. The van der Waals surface area contributed by atoms with Gasteiger partial charge < -0.3 is 9.64 Å². The van der Waals surface area contributed by atoms with Crippen molar-refractivity contribution in [2.24, 2.45) is 0 Å². The minimum Gasteiger partial charge on any atom is -0.457 e. The highest BCUT2D eigenvalue weighted by Gasteiger charge is 2.38. The monoisotopic (exact) mass is 301 g/mol. The van der Waals surface area contributed by atoms with Gasteiger partial charge in [-0.2, -0.15) is 0 Å². The molecule has 2 aliphatic heterocycles. The van der Waals surface area contributed by atoms with Crippen LogP contribution in [0.3, 0.4) is 0 Å². The number of fused-ring (bicyclic) bond motifs is 5. The first kappa shape index (κ1) is 4.02. The predicted molar refractivity (Wildman–Crippen MR) is 80.9 cm³/mol. The maximum Gasteiger partial charge on any atom is 0.131 e. The van der Waals surface area contributed by atoms with E-state index in [2.05, 4.69) is 0 Å². The van der Waals surface area contributed by atoms with Crippen molar-refractivity contribution < 1.29 is 26.7 Å². The van der Waals surface area contributed by atoms with E-state index in [1.54, 1.807) is 0 Å². The van der Waals surface area contributed by atoms with Crippen molar-refractivity contribution >= 4 is 11.6 Å². The molecule has 0 spiro atoms. The summed E-state index contributed by atoms with van der Waals surface area (Å²) in [6, 6.07) is -6.77. The van der Waals surface area contributed by atoms with Gasteiger partial charge in [-0.05, 0) is 36.7 Å². The molecule has 0 bridgehead atoms. The number of nitrogens with zero attached hydrogens (tertiary/aromatic N) is 1. The Morgan fingerprint density at radius 2 is 2.00 bits per heavy atom. The predicted octanol–water partition coefficient (Wildman–Crippen LogP) is 4.26. The minimum atomic E-state index is -3.69. The summed E-state index contributed by atoms with van der Waals surface area (Å²) in [5, 5.41) is -0.787. The van der Waals surface area contributed by atoms with E-state index < -0.39 is 102 Å². The third-order valence-electron chi connectivity index (χ3n) is 2.80. The van der Waals surface area contributed by atoms with Crippen LogP contribution < -0.4 is 4.74 Å². The van der Waals surface area contributed by atoms with E-state index in [4.69, 9.17) is 35.5 Å². The Hall–Kier alpha value is -1.51. The van der Waals surface area contributed by atoms with E-state index in [1.165, 1.54) is 0 Å². The molecule has 0 saturated carbocycles. The van der Waals surface area contributed by atoms with Crippen molar-refractivity contribution in [3.05, 3.63) is 58.4 Å². The molecule has 2 aromatic rings. The van der Waals surface area contributed by atoms with E-state index in [0.29, 0.717) is 0 Å². The van der Waals surface area contributed by atoms with E-state index in [-0.39, 0.29) is 4.90 Å². The van der Waals surface area contributed by atoms with Gasteiger partial charge in [-0.15, -0.1) is 0 Å². The van der Waals surface area contributed by atoms with Gasteiger partial charge >= 0.3 is 0 Å². The largest absolute Gasteiger partial charge is 0.457 e. The molecule has 2 aromatic carbocycles. The smallest absolute Gasteiger partial charge is 0.131 e. The number of likely N-dealkylation sites (tertiary alicyclic amines) is 1. The van der Waals surface area contributed by atoms with Crippen LogP contribution in [0.2, 0.25) is 5.02 Å². The summed E-state index contributed by atoms with van der Waals surface area (Å²) < 4.78 is 140. The molecule has 1 fully saturated rings. The Morgan fingerprint density at radius 3 is 2.85 bits per heavy atom. The topological polar surface area (TPSA) is 12.5 Å². The van der Waals surface area contributed by atoms with Gasteiger partial charge in [0.2, 0.25) is 0 Å². The SMILES string of the molecule is [2H]c1c([2H])c([2H])c2c(c1[2H])Oc1c([2H])c([2H])c(Cl)c([2H])c1[C@]1([2H])C([2H])([2H])N(C([2H])([2H])[2H])C([2H])([2H])[C@@]21[2H]. The number of hydrogen-bond acceptors (Lipinski definition) is 2. The standard InChI is InChI=1S/C17H16ClNO/c1-19-9-14-12-4-2-3-5-16(12)20-17-7-6-11(18)8-13(17)15(14)10-19/h2-8,14-15H,9-10H2,1H3/t14-,15-/m0/s1/i1D3,2D,3D,4D,5D,6D,7D,8D,9D2,10D2,14D,15D. The number of benzene rings is 2. The molecule has 102 valence electrons. The fraction of sp³-hybridized carbons (Fsp3) is 0.294. The highest BCUT2D eigenvalue weighted by molar-refractivity contribution is 6.30. The van der Waals surface area contributed by atoms with E-state index >= 15 is 0 Å². The number of hydrogen-bond donors (Lipinski definition) is 0. The Bertz CT molecular complexity index is 1250. The normalized spacial score (nSPS) is 48.9. The van der Waals surface area contributed by atoms with Crippen LogP contribution in [0.4, 0.5) is 0 Å². The molecule has 4 rings (SSSR count). The van der Waals surface area contributed by atoms with Gasteiger partial charge in [0.1, 0.15) is 11.5 Å². The van der Waals surface area contributed by atoms with Crippen LogP contribution in [0.25, 0.3) is 0 Å². The second kappa shape index (κ2) is 4.51. The van der Waals surface area contributed by atoms with Crippen LogP contribution in [-0.2, 0) is 0 Å². The molecule has 0 amide bonds. The number of rotatable bonds is 0. The summed E-state index contributed by atoms with van der Waals surface area (Å²) in [6.07, 6.45) is 0. The van der Waals surface area contributed by atoms with Crippen molar-refractivity contribution in [1.29, 1.82) is 0 Å². The van der Waals surface area contributed by atoms with Crippen molar-refractivity contribution in [1.82, 2.24) is 4.90 Å². The van der Waals surface area contributed by atoms with E-state index in [0.717, 1.165) is 0 Å². The zero-order valence-electron chi connectivity index (χ0n) is 25.7. The number of ether oxygens (including phenoxy) is 1. The lowest BCUT2D eigenvalue weighted by atomic mass is 9.84. The highest BCUT2D eigenvalue weighted by Crippen LogP contribution is 2.49. The molecule has 20 heavy (non-hydrogen) atoms. The molecule has 0 N–H and O–H groups in total. The summed E-state index contributed by atoms with van der Waals surface area (Å²) in [7, 11) is 0. The molecule has 2 aliphatic rings. The first-order chi connectivity index (χ1) is 16.1. The Labute approximate surface area is 146 Å². The molecule has 2 nitrogen and oxygen atoms in total. The summed E-state index contributed by atoms with van der Waals surface area (Å²) in [5.41, 5.74) is -2.13. The molecule has 3 heteroatoms. The highest BCUT2D eigenvalue weighted by atomic mass is 35.5. The fourth-order valence-corrected chi connectivity index (χ4v) is 2.15. The van der Waals surface area contributed by atoms with Crippen LogP contribution in [0.1, 0.15) is 44.8 Å². The lowest BCUT2D eigenvalue weighted by Crippen LogP contribution is -2.14. The second-order valence-electron chi connectivity index (χ2n) is 4.01. The van der Waals surface area contributed by atoms with Gasteiger partial charge in [0.15, 0.2) is 0 Å². The van der Waals surface area contributed by atoms with Crippen LogP contribution in [0.15, 0.2) is 42.3 Å². The second-order valence-corrected chi connectivity index (χ2v) is 4.39. The summed E-state index contributed by atoms with van der Waals surface area (Å²) in [6.45, 7) is -11.0. The fourth-order valence-electron chi connectivity index (χ4n) is 2.01. The minimum absolute atomic E-state index is 0.362. The number of para-hydroxylation sites is 1. The van der Waals surface area contributed by atoms with Crippen molar-refractivity contribution in [3.63, 3.8) is 0 Å². The van der Waals surface area contributed by atoms with Crippen LogP contribution in [0.5, 0.6) is 11.5 Å². The molecule has 0 radical (unpaired) electrons. The van der Waals surface area contributed by atoms with Gasteiger partial charge in [0.05, 0.1) is 9.60 Å².